The molecule has 1 rings (SSSR count). The van der Waals surface area contributed by atoms with Gasteiger partial charge < -0.3 is 20.3 Å². The minimum absolute atomic E-state index is 0.0956. The van der Waals surface area contributed by atoms with Crippen LogP contribution in [0.2, 0.25) is 0 Å². The van der Waals surface area contributed by atoms with E-state index in [4.69, 9.17) is 20.3 Å². The number of rotatable bonds is 9. The van der Waals surface area contributed by atoms with Crippen LogP contribution in [-0.2, 0) is 23.9 Å². The molecule has 0 aromatic rings. The van der Waals surface area contributed by atoms with E-state index in [1.54, 1.807) is 0 Å². The summed E-state index contributed by atoms with van der Waals surface area (Å²) < 4.78 is 10.4. The fourth-order valence-corrected chi connectivity index (χ4v) is 2.91. The number of carbonyl (C=O) groups is 3. The van der Waals surface area contributed by atoms with Crippen LogP contribution in [0, 0.1) is 11.8 Å². The lowest BCUT2D eigenvalue weighted by molar-refractivity contribution is -0.191. The fourth-order valence-electron chi connectivity index (χ4n) is 2.91. The molecular formula is C17H29NO6. The van der Waals surface area contributed by atoms with Gasteiger partial charge in [-0.3, -0.25) is 14.4 Å². The maximum Gasteiger partial charge on any atom is 0.326 e. The number of hydrogen-bond donors (Lipinski definition) is 2. The number of aliphatic carboxylic acids is 1. The fraction of sp³-hybridized carbons (Fsp3) is 0.824. The predicted molar refractivity (Wildman–Crippen MR) is 86.8 cm³/mol. The number of esters is 2. The minimum atomic E-state index is -0.900. The summed E-state index contributed by atoms with van der Waals surface area (Å²) in [5, 5.41) is 9.01. The van der Waals surface area contributed by atoms with Crippen LogP contribution in [-0.4, -0.2) is 35.3 Å². The maximum atomic E-state index is 12.2. The highest BCUT2D eigenvalue weighted by molar-refractivity contribution is 5.76. The topological polar surface area (TPSA) is 116 Å². The van der Waals surface area contributed by atoms with E-state index in [0.29, 0.717) is 44.9 Å². The average molecular weight is 343 g/mol. The van der Waals surface area contributed by atoms with Crippen molar-refractivity contribution >= 4 is 17.9 Å². The van der Waals surface area contributed by atoms with Gasteiger partial charge in [0.2, 0.25) is 6.29 Å². The highest BCUT2D eigenvalue weighted by atomic mass is 16.7. The Bertz CT molecular complexity index is 431. The lowest BCUT2D eigenvalue weighted by Gasteiger charge is -2.30. The van der Waals surface area contributed by atoms with Crippen LogP contribution in [0.3, 0.4) is 0 Å². The van der Waals surface area contributed by atoms with Gasteiger partial charge in [-0.1, -0.05) is 13.8 Å². The van der Waals surface area contributed by atoms with Crippen LogP contribution in [0.4, 0.5) is 0 Å². The molecule has 2 atom stereocenters. The van der Waals surface area contributed by atoms with E-state index in [0.717, 1.165) is 0 Å². The molecule has 7 heteroatoms. The second-order valence-electron chi connectivity index (χ2n) is 6.37. The van der Waals surface area contributed by atoms with Gasteiger partial charge in [-0.2, -0.15) is 0 Å². The van der Waals surface area contributed by atoms with Crippen LogP contribution in [0.5, 0.6) is 0 Å². The van der Waals surface area contributed by atoms with Crippen molar-refractivity contribution in [3.8, 4) is 0 Å². The van der Waals surface area contributed by atoms with Crippen molar-refractivity contribution in [2.75, 3.05) is 0 Å². The SMILES string of the molecule is CCCC(=O)OC(CCC)OC(=O)C(N)C1CCC(C(=O)O)CC1. The van der Waals surface area contributed by atoms with Gasteiger partial charge >= 0.3 is 17.9 Å². The van der Waals surface area contributed by atoms with Crippen molar-refractivity contribution < 1.29 is 29.0 Å². The second kappa shape index (κ2) is 10.3. The molecule has 0 aliphatic heterocycles. The molecule has 24 heavy (non-hydrogen) atoms. The number of carboxylic acid groups (broad SMARTS) is 1. The lowest BCUT2D eigenvalue weighted by atomic mass is 9.79. The van der Waals surface area contributed by atoms with Gasteiger partial charge in [-0.15, -0.1) is 0 Å². The third kappa shape index (κ3) is 6.47. The summed E-state index contributed by atoms with van der Waals surface area (Å²) in [4.78, 5) is 34.8. The molecule has 7 nitrogen and oxygen atoms in total. The zero-order chi connectivity index (χ0) is 18.1. The summed E-state index contributed by atoms with van der Waals surface area (Å²) in [6, 6.07) is -0.816. The first kappa shape index (κ1) is 20.4. The number of carboxylic acids is 1. The molecule has 1 saturated carbocycles. The Balaban J connectivity index is 2.51. The quantitative estimate of drug-likeness (QED) is 0.487. The molecule has 138 valence electrons. The summed E-state index contributed by atoms with van der Waals surface area (Å²) in [5.74, 6) is -2.22. The van der Waals surface area contributed by atoms with Crippen molar-refractivity contribution in [2.45, 2.75) is 77.5 Å². The second-order valence-corrected chi connectivity index (χ2v) is 6.37. The molecule has 1 aliphatic rings. The largest absolute Gasteiger partial charge is 0.481 e. The summed E-state index contributed by atoms with van der Waals surface area (Å²) in [5.41, 5.74) is 5.98. The van der Waals surface area contributed by atoms with Crippen LogP contribution in [0.15, 0.2) is 0 Å². The van der Waals surface area contributed by atoms with Gasteiger partial charge in [0.05, 0.1) is 5.92 Å². The Kier molecular flexibility index (Phi) is 8.74. The van der Waals surface area contributed by atoms with Crippen LogP contribution >= 0.6 is 0 Å². The van der Waals surface area contributed by atoms with Crippen LogP contribution in [0.25, 0.3) is 0 Å². The van der Waals surface area contributed by atoms with E-state index in [9.17, 15) is 14.4 Å². The van der Waals surface area contributed by atoms with Gasteiger partial charge in [-0.25, -0.2) is 0 Å². The molecule has 1 fully saturated rings. The molecule has 2 unspecified atom stereocenters. The van der Waals surface area contributed by atoms with Crippen molar-refractivity contribution in [3.63, 3.8) is 0 Å². The zero-order valence-electron chi connectivity index (χ0n) is 14.5. The Morgan fingerprint density at radius 3 is 2.21 bits per heavy atom. The van der Waals surface area contributed by atoms with E-state index < -0.39 is 24.3 Å². The zero-order valence-corrected chi connectivity index (χ0v) is 14.5. The van der Waals surface area contributed by atoms with E-state index in [1.807, 2.05) is 13.8 Å². The van der Waals surface area contributed by atoms with E-state index in [-0.39, 0.29) is 24.2 Å². The van der Waals surface area contributed by atoms with E-state index in [2.05, 4.69) is 0 Å². The summed E-state index contributed by atoms with van der Waals surface area (Å²) in [6.07, 6.45) is 3.39. The molecule has 1 aliphatic carbocycles. The maximum absolute atomic E-state index is 12.2. The Morgan fingerprint density at radius 2 is 1.71 bits per heavy atom. The normalized spacial score (nSPS) is 23.1. The molecule has 0 radical (unpaired) electrons. The van der Waals surface area contributed by atoms with Crippen molar-refractivity contribution in [3.05, 3.63) is 0 Å². The molecule has 3 N–H and O–H groups in total. The van der Waals surface area contributed by atoms with Crippen molar-refractivity contribution in [2.24, 2.45) is 17.6 Å². The molecule has 0 spiro atoms. The van der Waals surface area contributed by atoms with Crippen LogP contribution in [0.1, 0.15) is 65.2 Å². The Hall–Kier alpha value is -1.63. The van der Waals surface area contributed by atoms with Gasteiger partial charge in [0.15, 0.2) is 0 Å². The number of carbonyl (C=O) groups excluding carboxylic acids is 2. The molecule has 0 aromatic heterocycles. The standard InChI is InChI=1S/C17H29NO6/c1-3-5-13(19)23-14(6-4-2)24-17(22)15(18)11-7-9-12(10-8-11)16(20)21/h11-12,14-15H,3-10,18H2,1-2H3,(H,20,21). The first-order valence-electron chi connectivity index (χ1n) is 8.77. The first-order valence-corrected chi connectivity index (χ1v) is 8.77. The Labute approximate surface area is 142 Å². The van der Waals surface area contributed by atoms with Crippen molar-refractivity contribution in [1.82, 2.24) is 0 Å². The van der Waals surface area contributed by atoms with Crippen molar-refractivity contribution in [1.29, 1.82) is 0 Å². The van der Waals surface area contributed by atoms with Gasteiger partial charge in [0.25, 0.3) is 0 Å². The predicted octanol–water partition coefficient (Wildman–Crippen LogP) is 2.22. The highest BCUT2D eigenvalue weighted by Gasteiger charge is 2.34. The first-order chi connectivity index (χ1) is 11.4. The Morgan fingerprint density at radius 1 is 1.08 bits per heavy atom. The summed E-state index contributed by atoms with van der Waals surface area (Å²) in [7, 11) is 0. The third-order valence-corrected chi connectivity index (χ3v) is 4.39. The molecule has 0 amide bonds. The molecular weight excluding hydrogens is 314 g/mol. The number of hydrogen-bond acceptors (Lipinski definition) is 6. The van der Waals surface area contributed by atoms with Gasteiger partial charge in [-0.05, 0) is 44.4 Å². The van der Waals surface area contributed by atoms with E-state index in [1.165, 1.54) is 0 Å². The smallest absolute Gasteiger partial charge is 0.326 e. The van der Waals surface area contributed by atoms with Gasteiger partial charge in [0, 0.05) is 12.8 Å². The number of nitrogens with two attached hydrogens (primary N) is 1. The van der Waals surface area contributed by atoms with Gasteiger partial charge in [0.1, 0.15) is 6.04 Å². The van der Waals surface area contributed by atoms with E-state index >= 15 is 0 Å². The summed E-state index contributed by atoms with van der Waals surface area (Å²) >= 11 is 0. The van der Waals surface area contributed by atoms with Crippen LogP contribution < -0.4 is 5.73 Å². The summed E-state index contributed by atoms with van der Waals surface area (Å²) in [6.45, 7) is 3.77. The third-order valence-electron chi connectivity index (χ3n) is 4.39. The monoisotopic (exact) mass is 343 g/mol. The number of ether oxygens (including phenoxy) is 2. The average Bonchev–Trinajstić information content (AvgIpc) is 2.54. The lowest BCUT2D eigenvalue weighted by Crippen LogP contribution is -2.43. The molecule has 0 heterocycles. The molecule has 0 bridgehead atoms. The highest BCUT2D eigenvalue weighted by Crippen LogP contribution is 2.31. The molecule has 0 saturated heterocycles. The molecule has 0 aromatic carbocycles. The minimum Gasteiger partial charge on any atom is -0.481 e.